The van der Waals surface area contributed by atoms with Gasteiger partial charge in [0.15, 0.2) is 0 Å². The molecule has 0 saturated carbocycles. The molecule has 0 bridgehead atoms. The Labute approximate surface area is 109 Å². The summed E-state index contributed by atoms with van der Waals surface area (Å²) < 4.78 is 11.2. The van der Waals surface area contributed by atoms with Crippen LogP contribution >= 0.6 is 0 Å². The highest BCUT2D eigenvalue weighted by molar-refractivity contribution is 5.47. The molecule has 100 valence electrons. The van der Waals surface area contributed by atoms with Crippen LogP contribution in [0.2, 0.25) is 0 Å². The van der Waals surface area contributed by atoms with E-state index >= 15 is 0 Å². The number of hydrogen-bond donors (Lipinski definition) is 1. The minimum Gasteiger partial charge on any atom is -0.494 e. The number of hydrogen-bond acceptors (Lipinski definition) is 3. The number of rotatable bonds is 4. The third-order valence-electron chi connectivity index (χ3n) is 3.23. The van der Waals surface area contributed by atoms with Gasteiger partial charge in [-0.05, 0) is 57.9 Å². The number of nitrogens with one attached hydrogen (secondary N) is 1. The molecule has 1 saturated heterocycles. The third-order valence-corrected chi connectivity index (χ3v) is 3.23. The van der Waals surface area contributed by atoms with Crippen LogP contribution < -0.4 is 10.1 Å². The van der Waals surface area contributed by atoms with Gasteiger partial charge in [-0.25, -0.2) is 0 Å². The lowest BCUT2D eigenvalue weighted by Crippen LogP contribution is -2.40. The van der Waals surface area contributed by atoms with Gasteiger partial charge >= 0.3 is 0 Å². The van der Waals surface area contributed by atoms with Gasteiger partial charge in [0.1, 0.15) is 5.75 Å². The van der Waals surface area contributed by atoms with Crippen molar-refractivity contribution in [1.82, 2.24) is 0 Å². The minimum atomic E-state index is -0.0127. The SMILES string of the molecule is CCOc1ccc(NC2CCOC(C)(C)C2)cc1. The second-order valence-corrected chi connectivity index (χ2v) is 5.40. The Bertz CT molecular complexity index is 373. The molecular formula is C15H23NO2. The lowest BCUT2D eigenvalue weighted by Gasteiger charge is -2.36. The third kappa shape index (κ3) is 3.64. The van der Waals surface area contributed by atoms with Gasteiger partial charge in [-0.1, -0.05) is 0 Å². The quantitative estimate of drug-likeness (QED) is 0.886. The molecule has 3 heteroatoms. The largest absolute Gasteiger partial charge is 0.494 e. The van der Waals surface area contributed by atoms with Crippen molar-refractivity contribution in [3.05, 3.63) is 24.3 Å². The fourth-order valence-corrected chi connectivity index (χ4v) is 2.40. The van der Waals surface area contributed by atoms with Gasteiger partial charge in [0.2, 0.25) is 0 Å². The van der Waals surface area contributed by atoms with E-state index in [0.29, 0.717) is 12.6 Å². The maximum Gasteiger partial charge on any atom is 0.119 e. The zero-order valence-electron chi connectivity index (χ0n) is 11.5. The summed E-state index contributed by atoms with van der Waals surface area (Å²) in [5.74, 6) is 0.926. The molecule has 2 rings (SSSR count). The Morgan fingerprint density at radius 2 is 2.06 bits per heavy atom. The summed E-state index contributed by atoms with van der Waals surface area (Å²) in [5, 5.41) is 3.57. The summed E-state index contributed by atoms with van der Waals surface area (Å²) >= 11 is 0. The second-order valence-electron chi connectivity index (χ2n) is 5.40. The van der Waals surface area contributed by atoms with E-state index in [1.165, 1.54) is 0 Å². The first-order chi connectivity index (χ1) is 8.59. The molecule has 1 fully saturated rings. The van der Waals surface area contributed by atoms with E-state index in [-0.39, 0.29) is 5.60 Å². The van der Waals surface area contributed by atoms with E-state index in [0.717, 1.165) is 30.9 Å². The van der Waals surface area contributed by atoms with Crippen molar-refractivity contribution in [2.45, 2.75) is 45.3 Å². The van der Waals surface area contributed by atoms with Gasteiger partial charge in [-0.2, -0.15) is 0 Å². The lowest BCUT2D eigenvalue weighted by atomic mass is 9.94. The highest BCUT2D eigenvalue weighted by atomic mass is 16.5. The average Bonchev–Trinajstić information content (AvgIpc) is 2.31. The topological polar surface area (TPSA) is 30.5 Å². The lowest BCUT2D eigenvalue weighted by molar-refractivity contribution is -0.0553. The van der Waals surface area contributed by atoms with Crippen LogP contribution in [0.25, 0.3) is 0 Å². The average molecular weight is 249 g/mol. The molecule has 18 heavy (non-hydrogen) atoms. The summed E-state index contributed by atoms with van der Waals surface area (Å²) in [6, 6.07) is 8.67. The van der Waals surface area contributed by atoms with Crippen molar-refractivity contribution in [2.75, 3.05) is 18.5 Å². The Morgan fingerprint density at radius 1 is 1.33 bits per heavy atom. The predicted molar refractivity (Wildman–Crippen MR) is 74.3 cm³/mol. The molecule has 3 nitrogen and oxygen atoms in total. The first-order valence-corrected chi connectivity index (χ1v) is 6.72. The highest BCUT2D eigenvalue weighted by Crippen LogP contribution is 2.26. The molecule has 1 aliphatic rings. The van der Waals surface area contributed by atoms with Gasteiger partial charge in [-0.15, -0.1) is 0 Å². The van der Waals surface area contributed by atoms with Crippen LogP contribution in [0.3, 0.4) is 0 Å². The first-order valence-electron chi connectivity index (χ1n) is 6.72. The smallest absolute Gasteiger partial charge is 0.119 e. The molecule has 1 unspecified atom stereocenters. The van der Waals surface area contributed by atoms with Gasteiger partial charge in [0, 0.05) is 18.3 Å². The van der Waals surface area contributed by atoms with Gasteiger partial charge in [0.05, 0.1) is 12.2 Å². The number of ether oxygens (including phenoxy) is 2. The summed E-state index contributed by atoms with van der Waals surface area (Å²) in [6.45, 7) is 7.84. The van der Waals surface area contributed by atoms with Crippen molar-refractivity contribution in [1.29, 1.82) is 0 Å². The molecular weight excluding hydrogens is 226 g/mol. The maximum atomic E-state index is 5.72. The summed E-state index contributed by atoms with van der Waals surface area (Å²) in [7, 11) is 0. The molecule has 0 amide bonds. The predicted octanol–water partition coefficient (Wildman–Crippen LogP) is 3.45. The van der Waals surface area contributed by atoms with E-state index in [9.17, 15) is 0 Å². The van der Waals surface area contributed by atoms with Crippen molar-refractivity contribution in [3.8, 4) is 5.75 Å². The van der Waals surface area contributed by atoms with E-state index in [4.69, 9.17) is 9.47 Å². The number of benzene rings is 1. The Balaban J connectivity index is 1.92. The minimum absolute atomic E-state index is 0.0127. The molecule has 1 heterocycles. The molecule has 0 aromatic heterocycles. The molecule has 1 atom stereocenters. The van der Waals surface area contributed by atoms with Crippen LogP contribution in [0, 0.1) is 0 Å². The van der Waals surface area contributed by atoms with Crippen LogP contribution in [0.1, 0.15) is 33.6 Å². The zero-order valence-corrected chi connectivity index (χ0v) is 11.5. The van der Waals surface area contributed by atoms with Crippen molar-refractivity contribution >= 4 is 5.69 Å². The van der Waals surface area contributed by atoms with Crippen LogP contribution in [-0.4, -0.2) is 24.9 Å². The fraction of sp³-hybridized carbons (Fsp3) is 0.600. The number of anilines is 1. The molecule has 0 aliphatic carbocycles. The molecule has 1 aromatic carbocycles. The van der Waals surface area contributed by atoms with Crippen LogP contribution in [0.15, 0.2) is 24.3 Å². The van der Waals surface area contributed by atoms with Crippen molar-refractivity contribution in [2.24, 2.45) is 0 Å². The molecule has 0 radical (unpaired) electrons. The summed E-state index contributed by atoms with van der Waals surface area (Å²) in [5.41, 5.74) is 1.14. The van der Waals surface area contributed by atoms with Crippen molar-refractivity contribution < 1.29 is 9.47 Å². The fourth-order valence-electron chi connectivity index (χ4n) is 2.40. The summed E-state index contributed by atoms with van der Waals surface area (Å²) in [6.07, 6.45) is 2.11. The highest BCUT2D eigenvalue weighted by Gasteiger charge is 2.28. The Hall–Kier alpha value is -1.22. The summed E-state index contributed by atoms with van der Waals surface area (Å²) in [4.78, 5) is 0. The zero-order chi connectivity index (χ0) is 13.0. The standard InChI is InChI=1S/C15H23NO2/c1-4-17-14-7-5-12(6-8-14)16-13-9-10-18-15(2,3)11-13/h5-8,13,16H,4,9-11H2,1-3H3. The van der Waals surface area contributed by atoms with Gasteiger partial charge < -0.3 is 14.8 Å². The molecule has 1 N–H and O–H groups in total. The van der Waals surface area contributed by atoms with Gasteiger partial charge in [-0.3, -0.25) is 0 Å². The maximum absolute atomic E-state index is 5.72. The van der Waals surface area contributed by atoms with Crippen LogP contribution in [-0.2, 0) is 4.74 Å². The van der Waals surface area contributed by atoms with Gasteiger partial charge in [0.25, 0.3) is 0 Å². The molecule has 0 spiro atoms. The van der Waals surface area contributed by atoms with E-state index in [2.05, 4.69) is 31.3 Å². The Morgan fingerprint density at radius 3 is 2.67 bits per heavy atom. The van der Waals surface area contributed by atoms with E-state index < -0.39 is 0 Å². The second kappa shape index (κ2) is 5.61. The van der Waals surface area contributed by atoms with Crippen LogP contribution in [0.5, 0.6) is 5.75 Å². The van der Waals surface area contributed by atoms with E-state index in [1.807, 2.05) is 19.1 Å². The molecule has 1 aromatic rings. The Kier molecular flexibility index (Phi) is 4.12. The normalized spacial score (nSPS) is 22.5. The first kappa shape index (κ1) is 13.2. The molecule has 1 aliphatic heterocycles. The van der Waals surface area contributed by atoms with E-state index in [1.54, 1.807) is 0 Å². The monoisotopic (exact) mass is 249 g/mol. The van der Waals surface area contributed by atoms with Crippen LogP contribution in [0.4, 0.5) is 5.69 Å². The van der Waals surface area contributed by atoms with Crippen molar-refractivity contribution in [3.63, 3.8) is 0 Å².